The molecule has 0 aliphatic carbocycles. The van der Waals surface area contributed by atoms with E-state index in [1.807, 2.05) is 6.92 Å². The van der Waals surface area contributed by atoms with E-state index in [1.54, 1.807) is 49.4 Å². The fraction of sp³-hybridized carbons (Fsp3) is 0.130. The summed E-state index contributed by atoms with van der Waals surface area (Å²) in [6.07, 6.45) is 1.41. The van der Waals surface area contributed by atoms with Gasteiger partial charge in [0, 0.05) is 10.6 Å². The third-order valence-electron chi connectivity index (χ3n) is 4.24. The molecule has 0 aliphatic heterocycles. The molecule has 0 bridgehead atoms. The van der Waals surface area contributed by atoms with Crippen molar-refractivity contribution in [1.29, 1.82) is 0 Å². The van der Waals surface area contributed by atoms with Gasteiger partial charge in [-0.2, -0.15) is 13.5 Å². The van der Waals surface area contributed by atoms with Crippen LogP contribution in [0.2, 0.25) is 5.02 Å². The lowest BCUT2D eigenvalue weighted by molar-refractivity contribution is 0.0955. The number of hydrogen-bond donors (Lipinski definition) is 1. The monoisotopic (exact) mass is 472 g/mol. The van der Waals surface area contributed by atoms with Gasteiger partial charge in [-0.25, -0.2) is 5.43 Å². The fourth-order valence-electron chi connectivity index (χ4n) is 2.67. The topological polar surface area (TPSA) is 94.1 Å². The Bertz CT molecular complexity index is 1240. The summed E-state index contributed by atoms with van der Waals surface area (Å²) in [5.74, 6) is -0.140. The minimum Gasteiger partial charge on any atom is -0.490 e. The van der Waals surface area contributed by atoms with Crippen molar-refractivity contribution >= 4 is 33.8 Å². The molecular formula is C23H21ClN2O5S. The van der Waals surface area contributed by atoms with Gasteiger partial charge in [0.2, 0.25) is 0 Å². The lowest BCUT2D eigenvalue weighted by atomic mass is 10.2. The summed E-state index contributed by atoms with van der Waals surface area (Å²) in [5, 5.41) is 4.37. The number of ether oxygens (including phenoxy) is 1. The molecule has 7 nitrogen and oxygen atoms in total. The van der Waals surface area contributed by atoms with E-state index < -0.39 is 16.0 Å². The molecule has 0 aromatic heterocycles. The Morgan fingerprint density at radius 3 is 2.50 bits per heavy atom. The molecule has 0 atom stereocenters. The Labute approximate surface area is 191 Å². The Morgan fingerprint density at radius 2 is 1.81 bits per heavy atom. The first kappa shape index (κ1) is 23.3. The van der Waals surface area contributed by atoms with Crippen LogP contribution in [0.4, 0.5) is 0 Å². The van der Waals surface area contributed by atoms with Gasteiger partial charge in [0.1, 0.15) is 4.90 Å². The van der Waals surface area contributed by atoms with Gasteiger partial charge in [-0.05, 0) is 67.9 Å². The van der Waals surface area contributed by atoms with E-state index in [0.717, 1.165) is 5.56 Å². The largest absolute Gasteiger partial charge is 0.490 e. The van der Waals surface area contributed by atoms with Crippen molar-refractivity contribution in [2.45, 2.75) is 18.7 Å². The molecule has 0 radical (unpaired) electrons. The van der Waals surface area contributed by atoms with Crippen LogP contribution in [0, 0.1) is 6.92 Å². The van der Waals surface area contributed by atoms with E-state index in [2.05, 4.69) is 10.5 Å². The minimum absolute atomic E-state index is 0.0416. The maximum Gasteiger partial charge on any atom is 0.339 e. The van der Waals surface area contributed by atoms with Crippen LogP contribution in [0.25, 0.3) is 0 Å². The van der Waals surface area contributed by atoms with E-state index in [0.29, 0.717) is 22.8 Å². The van der Waals surface area contributed by atoms with Gasteiger partial charge in [0.15, 0.2) is 11.5 Å². The second kappa shape index (κ2) is 10.3. The van der Waals surface area contributed by atoms with Crippen molar-refractivity contribution in [2.75, 3.05) is 6.61 Å². The van der Waals surface area contributed by atoms with Crippen molar-refractivity contribution in [1.82, 2.24) is 5.43 Å². The van der Waals surface area contributed by atoms with Gasteiger partial charge in [0.25, 0.3) is 5.91 Å². The number of carbonyl (C=O) groups excluding carboxylic acids is 1. The Morgan fingerprint density at radius 1 is 1.06 bits per heavy atom. The predicted octanol–water partition coefficient (Wildman–Crippen LogP) is 4.58. The Kier molecular flexibility index (Phi) is 7.50. The van der Waals surface area contributed by atoms with Crippen LogP contribution < -0.4 is 14.3 Å². The SMILES string of the molecule is CCOc1cc(/C=N\NC(=O)c2cccc(Cl)c2)ccc1OS(=O)(=O)c1ccc(C)cc1. The smallest absolute Gasteiger partial charge is 0.339 e. The number of aryl methyl sites for hydroxylation is 1. The molecule has 0 aliphatic rings. The molecule has 0 saturated carbocycles. The van der Waals surface area contributed by atoms with Crippen molar-refractivity contribution in [3.63, 3.8) is 0 Å². The van der Waals surface area contributed by atoms with Gasteiger partial charge >= 0.3 is 10.1 Å². The first-order chi connectivity index (χ1) is 15.3. The van der Waals surface area contributed by atoms with Gasteiger partial charge in [-0.3, -0.25) is 4.79 Å². The number of nitrogens with one attached hydrogen (secondary N) is 1. The second-order valence-electron chi connectivity index (χ2n) is 6.70. The second-order valence-corrected chi connectivity index (χ2v) is 8.68. The first-order valence-corrected chi connectivity index (χ1v) is 11.4. The quantitative estimate of drug-likeness (QED) is 0.294. The van der Waals surface area contributed by atoms with E-state index in [1.165, 1.54) is 30.5 Å². The average Bonchev–Trinajstić information content (AvgIpc) is 2.76. The number of rotatable bonds is 8. The molecule has 0 fully saturated rings. The summed E-state index contributed by atoms with van der Waals surface area (Å²) in [6, 6.07) is 17.5. The molecule has 9 heteroatoms. The zero-order chi connectivity index (χ0) is 23.1. The van der Waals surface area contributed by atoms with E-state index in [4.69, 9.17) is 20.5 Å². The highest BCUT2D eigenvalue weighted by Gasteiger charge is 2.19. The molecule has 1 N–H and O–H groups in total. The summed E-state index contributed by atoms with van der Waals surface area (Å²) < 4.78 is 36.0. The van der Waals surface area contributed by atoms with Gasteiger partial charge in [-0.1, -0.05) is 35.4 Å². The van der Waals surface area contributed by atoms with E-state index in [9.17, 15) is 13.2 Å². The lowest BCUT2D eigenvalue weighted by Crippen LogP contribution is -2.17. The van der Waals surface area contributed by atoms with E-state index >= 15 is 0 Å². The predicted molar refractivity (Wildman–Crippen MR) is 123 cm³/mol. The summed E-state index contributed by atoms with van der Waals surface area (Å²) in [6.45, 7) is 3.93. The van der Waals surface area contributed by atoms with Crippen LogP contribution in [0.5, 0.6) is 11.5 Å². The molecule has 32 heavy (non-hydrogen) atoms. The highest BCUT2D eigenvalue weighted by molar-refractivity contribution is 7.87. The Hall–Kier alpha value is -3.36. The third-order valence-corrected chi connectivity index (χ3v) is 5.73. The molecule has 0 saturated heterocycles. The van der Waals surface area contributed by atoms with Crippen molar-refractivity contribution < 1.29 is 22.1 Å². The van der Waals surface area contributed by atoms with Gasteiger partial charge < -0.3 is 8.92 Å². The molecular weight excluding hydrogens is 452 g/mol. The summed E-state index contributed by atoms with van der Waals surface area (Å²) in [7, 11) is -4.03. The average molecular weight is 473 g/mol. The molecule has 0 unspecified atom stereocenters. The lowest BCUT2D eigenvalue weighted by Gasteiger charge is -2.12. The van der Waals surface area contributed by atoms with Crippen LogP contribution in [0.3, 0.4) is 0 Å². The molecule has 3 rings (SSSR count). The highest BCUT2D eigenvalue weighted by atomic mass is 35.5. The summed E-state index contributed by atoms with van der Waals surface area (Å²) in [5.41, 5.74) is 4.28. The number of hydrogen-bond acceptors (Lipinski definition) is 6. The van der Waals surface area contributed by atoms with Crippen LogP contribution in [-0.4, -0.2) is 27.1 Å². The first-order valence-electron chi connectivity index (χ1n) is 9.65. The van der Waals surface area contributed by atoms with Crippen molar-refractivity contribution in [3.8, 4) is 11.5 Å². The molecule has 166 valence electrons. The van der Waals surface area contributed by atoms with E-state index in [-0.39, 0.29) is 16.4 Å². The molecule has 0 spiro atoms. The highest BCUT2D eigenvalue weighted by Crippen LogP contribution is 2.31. The van der Waals surface area contributed by atoms with Gasteiger partial charge in [0.05, 0.1) is 12.8 Å². The molecule has 0 heterocycles. The van der Waals surface area contributed by atoms with Crippen LogP contribution in [0.15, 0.2) is 76.7 Å². The fourth-order valence-corrected chi connectivity index (χ4v) is 3.80. The van der Waals surface area contributed by atoms with Crippen molar-refractivity contribution in [2.24, 2.45) is 5.10 Å². The number of halogens is 1. The standard InChI is InChI=1S/C23H21ClN2O5S/c1-3-30-22-13-17(15-25-26-23(27)18-5-4-6-19(24)14-18)9-12-21(22)31-32(28,29)20-10-7-16(2)8-11-20/h4-15H,3H2,1-2H3,(H,26,27)/b25-15-. The number of carbonyl (C=O) groups is 1. The van der Waals surface area contributed by atoms with Crippen molar-refractivity contribution in [3.05, 3.63) is 88.4 Å². The maximum atomic E-state index is 12.6. The van der Waals surface area contributed by atoms with Crippen LogP contribution in [0.1, 0.15) is 28.4 Å². The molecule has 3 aromatic carbocycles. The van der Waals surface area contributed by atoms with Crippen LogP contribution in [-0.2, 0) is 10.1 Å². The Balaban J connectivity index is 1.76. The zero-order valence-electron chi connectivity index (χ0n) is 17.4. The minimum atomic E-state index is -4.03. The molecule has 3 aromatic rings. The van der Waals surface area contributed by atoms with Crippen LogP contribution >= 0.6 is 11.6 Å². The summed E-state index contributed by atoms with van der Waals surface area (Å²) >= 11 is 5.89. The van der Waals surface area contributed by atoms with Gasteiger partial charge in [-0.15, -0.1) is 0 Å². The zero-order valence-corrected chi connectivity index (χ0v) is 19.0. The normalized spacial score (nSPS) is 11.3. The summed E-state index contributed by atoms with van der Waals surface area (Å²) in [4.78, 5) is 12.2. The number of nitrogens with zero attached hydrogens (tertiary/aromatic N) is 1. The third kappa shape index (κ3) is 6.09. The number of benzene rings is 3. The number of amides is 1. The molecule has 1 amide bonds. The maximum absolute atomic E-state index is 12.6. The number of hydrazone groups is 1.